The zero-order valence-corrected chi connectivity index (χ0v) is 19.7. The van der Waals surface area contributed by atoms with Crippen molar-refractivity contribution in [2.75, 3.05) is 18.0 Å². The number of nitrogens with zero attached hydrogens (tertiary/aromatic N) is 3. The summed E-state index contributed by atoms with van der Waals surface area (Å²) in [6.45, 7) is 4.99. The Morgan fingerprint density at radius 1 is 1.24 bits per heavy atom. The quantitative estimate of drug-likeness (QED) is 0.357. The molecular weight excluding hydrogens is 473 g/mol. The van der Waals surface area contributed by atoms with Crippen LogP contribution in [0.4, 0.5) is 9.39 Å². The molecule has 3 heterocycles. The molecule has 0 spiro atoms. The van der Waals surface area contributed by atoms with Crippen molar-refractivity contribution >= 4 is 55.7 Å². The van der Waals surface area contributed by atoms with Gasteiger partial charge in [-0.3, -0.25) is 4.79 Å². The lowest BCUT2D eigenvalue weighted by Gasteiger charge is -2.31. The van der Waals surface area contributed by atoms with Crippen LogP contribution in [0.15, 0.2) is 55.1 Å². The fourth-order valence-electron chi connectivity index (χ4n) is 5.47. The van der Waals surface area contributed by atoms with E-state index in [1.165, 1.54) is 17.6 Å². The fourth-order valence-corrected chi connectivity index (χ4v) is 6.71. The summed E-state index contributed by atoms with van der Waals surface area (Å²) in [4.78, 5) is 16.4. The van der Waals surface area contributed by atoms with Gasteiger partial charge in [0, 0.05) is 30.1 Å². The third kappa shape index (κ3) is 3.18. The molecule has 3 aromatic carbocycles. The number of halogens is 2. The molecule has 2 fully saturated rings. The zero-order chi connectivity index (χ0) is 23.6. The molecule has 4 aromatic rings. The van der Waals surface area contributed by atoms with Crippen LogP contribution in [-0.4, -0.2) is 45.5 Å². The average Bonchev–Trinajstić information content (AvgIpc) is 3.39. The van der Waals surface area contributed by atoms with Crippen molar-refractivity contribution in [2.24, 2.45) is 0 Å². The molecule has 0 saturated carbocycles. The van der Waals surface area contributed by atoms with Crippen LogP contribution < -0.4 is 4.90 Å². The van der Waals surface area contributed by atoms with Crippen molar-refractivity contribution in [3.63, 3.8) is 0 Å². The lowest BCUT2D eigenvalue weighted by Crippen LogP contribution is -2.43. The van der Waals surface area contributed by atoms with Gasteiger partial charge in [0.15, 0.2) is 5.82 Å². The van der Waals surface area contributed by atoms with Crippen LogP contribution in [0.1, 0.15) is 12.8 Å². The van der Waals surface area contributed by atoms with Crippen molar-refractivity contribution in [1.82, 2.24) is 9.27 Å². The van der Waals surface area contributed by atoms with E-state index in [1.54, 1.807) is 18.2 Å². The van der Waals surface area contributed by atoms with E-state index < -0.39 is 5.82 Å². The number of anilines is 1. The van der Waals surface area contributed by atoms with Crippen molar-refractivity contribution < 1.29 is 14.3 Å². The van der Waals surface area contributed by atoms with Crippen molar-refractivity contribution in [1.29, 1.82) is 0 Å². The molecule has 2 aliphatic rings. The predicted octanol–water partition coefficient (Wildman–Crippen LogP) is 5.98. The summed E-state index contributed by atoms with van der Waals surface area (Å²) in [5, 5.41) is 13.7. The molecule has 34 heavy (non-hydrogen) atoms. The number of phenolic OH excluding ortho intramolecular Hbond substituents is 1. The second-order valence-electron chi connectivity index (χ2n) is 8.87. The number of hydrogen-bond donors (Lipinski definition) is 1. The highest BCUT2D eigenvalue weighted by Crippen LogP contribution is 2.45. The van der Waals surface area contributed by atoms with Crippen LogP contribution in [-0.2, 0) is 4.79 Å². The summed E-state index contributed by atoms with van der Waals surface area (Å²) in [6.07, 6.45) is 3.09. The van der Waals surface area contributed by atoms with Gasteiger partial charge in [-0.1, -0.05) is 42.4 Å². The Labute approximate surface area is 204 Å². The summed E-state index contributed by atoms with van der Waals surface area (Å²) in [7, 11) is 0. The molecule has 1 N–H and O–H groups in total. The number of fused-ring (bicyclic) bond motifs is 4. The van der Waals surface area contributed by atoms with E-state index in [2.05, 4.69) is 15.9 Å². The van der Waals surface area contributed by atoms with Gasteiger partial charge in [-0.05, 0) is 65.0 Å². The van der Waals surface area contributed by atoms with Gasteiger partial charge >= 0.3 is 0 Å². The number of rotatable bonds is 3. The number of phenols is 1. The van der Waals surface area contributed by atoms with Crippen molar-refractivity contribution in [3.05, 3.63) is 66.0 Å². The number of aromatic nitrogens is 1. The maximum atomic E-state index is 16.0. The molecule has 172 valence electrons. The Hall–Kier alpha value is -3.16. The highest BCUT2D eigenvalue weighted by Gasteiger charge is 2.42. The average molecular weight is 494 g/mol. The minimum atomic E-state index is -0.494. The molecule has 0 aliphatic carbocycles. The Morgan fingerprint density at radius 3 is 2.88 bits per heavy atom. The second-order valence-corrected chi connectivity index (χ2v) is 10.0. The first-order chi connectivity index (χ1) is 16.5. The van der Waals surface area contributed by atoms with Gasteiger partial charge in [-0.15, -0.1) is 0 Å². The Morgan fingerprint density at radius 2 is 2.06 bits per heavy atom. The number of likely N-dealkylation sites (tertiary alicyclic amines) is 1. The third-order valence-electron chi connectivity index (χ3n) is 7.02. The molecule has 2 atom stereocenters. The summed E-state index contributed by atoms with van der Waals surface area (Å²) in [6, 6.07) is 12.9. The van der Waals surface area contributed by atoms with Crippen LogP contribution >= 0.6 is 23.1 Å². The molecule has 5 nitrogen and oxygen atoms in total. The number of benzene rings is 3. The van der Waals surface area contributed by atoms with Gasteiger partial charge in [0.1, 0.15) is 16.3 Å². The first kappa shape index (κ1) is 21.4. The molecular formula is C26H21ClFN3O2S. The Kier molecular flexibility index (Phi) is 5.00. The molecule has 1 amide bonds. The van der Waals surface area contributed by atoms with E-state index in [-0.39, 0.29) is 39.8 Å². The lowest BCUT2D eigenvalue weighted by molar-refractivity contribution is -0.128. The maximum absolute atomic E-state index is 16.0. The third-order valence-corrected chi connectivity index (χ3v) is 8.22. The zero-order valence-electron chi connectivity index (χ0n) is 18.2. The van der Waals surface area contributed by atoms with Gasteiger partial charge in [0.2, 0.25) is 5.91 Å². The number of carbonyl (C=O) groups excluding carboxylic acids is 1. The van der Waals surface area contributed by atoms with Crippen LogP contribution in [0.25, 0.3) is 32.8 Å². The van der Waals surface area contributed by atoms with Crippen LogP contribution in [0.3, 0.4) is 0 Å². The standard InChI is InChI=1S/C26H21ClFN3O2S/c1-2-22(33)30-8-7-15-10-16(30)13-31(15)26-20-12-21(27)23(24(28)25(20)29-34-26)19-11-17(32)9-14-5-3-4-6-18(14)19/h2-6,9,11-12,15-16,32H,1,7-8,10,13H2/t15-,16?/m0/s1. The van der Waals surface area contributed by atoms with Crippen LogP contribution in [0, 0.1) is 5.82 Å². The first-order valence-electron chi connectivity index (χ1n) is 11.2. The number of amides is 1. The monoisotopic (exact) mass is 493 g/mol. The van der Waals surface area contributed by atoms with Crippen LogP contribution in [0.2, 0.25) is 5.02 Å². The van der Waals surface area contributed by atoms with E-state index in [0.717, 1.165) is 28.6 Å². The summed E-state index contributed by atoms with van der Waals surface area (Å²) >= 11 is 7.96. The summed E-state index contributed by atoms with van der Waals surface area (Å²) in [5.41, 5.74) is 1.04. The van der Waals surface area contributed by atoms with Gasteiger partial charge in [-0.25, -0.2) is 4.39 Å². The largest absolute Gasteiger partial charge is 0.508 e. The van der Waals surface area contributed by atoms with E-state index in [0.29, 0.717) is 24.0 Å². The van der Waals surface area contributed by atoms with Gasteiger partial charge in [0.25, 0.3) is 0 Å². The topological polar surface area (TPSA) is 56.7 Å². The lowest BCUT2D eigenvalue weighted by atomic mass is 9.96. The van der Waals surface area contributed by atoms with Gasteiger partial charge < -0.3 is 14.9 Å². The van der Waals surface area contributed by atoms with Gasteiger partial charge in [0.05, 0.1) is 11.1 Å². The van der Waals surface area contributed by atoms with E-state index in [9.17, 15) is 9.90 Å². The minimum absolute atomic E-state index is 0.0449. The Bertz CT molecular complexity index is 1490. The highest BCUT2D eigenvalue weighted by atomic mass is 35.5. The number of piperidine rings is 1. The van der Waals surface area contributed by atoms with Crippen LogP contribution in [0.5, 0.6) is 5.75 Å². The molecule has 8 heteroatoms. The summed E-state index contributed by atoms with van der Waals surface area (Å²) in [5.74, 6) is -0.492. The maximum Gasteiger partial charge on any atom is 0.246 e. The minimum Gasteiger partial charge on any atom is -0.508 e. The molecule has 6 rings (SSSR count). The molecule has 2 bridgehead atoms. The molecule has 1 aromatic heterocycles. The van der Waals surface area contributed by atoms with Gasteiger partial charge in [-0.2, -0.15) is 4.37 Å². The highest BCUT2D eigenvalue weighted by molar-refractivity contribution is 7.11. The SMILES string of the molecule is C=CC(=O)N1CC[C@H]2CC1CN2c1snc2c(F)c(-c3cc(O)cc4ccccc34)c(Cl)cc12. The first-order valence-corrected chi connectivity index (χ1v) is 12.3. The Balaban J connectivity index is 1.45. The molecule has 2 aliphatic heterocycles. The van der Waals surface area contributed by atoms with Crippen molar-refractivity contribution in [2.45, 2.75) is 24.9 Å². The molecule has 2 saturated heterocycles. The number of hydrogen-bond acceptors (Lipinski definition) is 5. The predicted molar refractivity (Wildman–Crippen MR) is 135 cm³/mol. The summed E-state index contributed by atoms with van der Waals surface area (Å²) < 4.78 is 20.4. The molecule has 1 unspecified atom stereocenters. The number of aromatic hydroxyl groups is 1. The van der Waals surface area contributed by atoms with E-state index in [4.69, 9.17) is 11.6 Å². The van der Waals surface area contributed by atoms with E-state index in [1.807, 2.05) is 29.2 Å². The van der Waals surface area contributed by atoms with E-state index >= 15 is 4.39 Å². The smallest absolute Gasteiger partial charge is 0.246 e. The number of carbonyl (C=O) groups is 1. The normalized spacial score (nSPS) is 19.8. The second kappa shape index (κ2) is 7.96. The fraction of sp³-hybridized carbons (Fsp3) is 0.231. The molecule has 0 radical (unpaired) electrons. The van der Waals surface area contributed by atoms with Crippen molar-refractivity contribution in [3.8, 4) is 16.9 Å².